The summed E-state index contributed by atoms with van der Waals surface area (Å²) >= 11 is 0. The van der Waals surface area contributed by atoms with Gasteiger partial charge in [-0.25, -0.2) is 23.5 Å². The van der Waals surface area contributed by atoms with Crippen molar-refractivity contribution in [1.82, 2.24) is 40.3 Å². The topological polar surface area (TPSA) is 373 Å². The zero-order chi connectivity index (χ0) is 61.6. The first-order valence-electron chi connectivity index (χ1n) is 25.5. The van der Waals surface area contributed by atoms with Gasteiger partial charge >= 0.3 is 18.2 Å². The van der Waals surface area contributed by atoms with E-state index in [0.29, 0.717) is 68.7 Å². The number of nitrogens with zero attached hydrogens (tertiary/aromatic N) is 7. The molecule has 1 fully saturated rings. The summed E-state index contributed by atoms with van der Waals surface area (Å²) in [5.74, 6) is -1.67. The van der Waals surface area contributed by atoms with Crippen molar-refractivity contribution >= 4 is 89.5 Å². The number of nitrogens with two attached hydrogens (primary N) is 3. The number of carbonyl (C=O) groups excluding carboxylic acids is 3. The minimum atomic E-state index is -4.55. The number of hydrogen-bond donors (Lipinski definition) is 9. The Morgan fingerprint density at radius 2 is 1.12 bits per heavy atom. The molecule has 1 saturated heterocycles. The van der Waals surface area contributed by atoms with E-state index in [1.807, 2.05) is 0 Å². The number of amidine groups is 1. The zero-order valence-electron chi connectivity index (χ0n) is 45.9. The summed E-state index contributed by atoms with van der Waals surface area (Å²) in [6, 6.07) is 23.8. The van der Waals surface area contributed by atoms with Gasteiger partial charge in [-0.05, 0) is 90.7 Å². The third-order valence-corrected chi connectivity index (χ3v) is 14.2. The van der Waals surface area contributed by atoms with Crippen LogP contribution < -0.4 is 57.0 Å². The van der Waals surface area contributed by atoms with E-state index in [-0.39, 0.29) is 85.2 Å². The molecule has 5 heterocycles. The molecular formula is C57H52F3N15O10S. The van der Waals surface area contributed by atoms with Gasteiger partial charge in [0.1, 0.15) is 5.84 Å². The van der Waals surface area contributed by atoms with E-state index in [4.69, 9.17) is 41.0 Å². The average molecular weight is 1200 g/mol. The number of likely N-dealkylation sites (tertiary alicyclic amines) is 1. The number of fused-ring (bicyclic) bond motifs is 2. The lowest BCUT2D eigenvalue weighted by Crippen LogP contribution is -2.28. The molecule has 10 rings (SSSR count). The third-order valence-electron chi connectivity index (χ3n) is 13.3. The van der Waals surface area contributed by atoms with Gasteiger partial charge in [0.2, 0.25) is 21.8 Å². The number of primary sulfonamides is 1. The molecule has 25 nitrogen and oxygen atoms in total. The maximum absolute atomic E-state index is 13.3. The lowest BCUT2D eigenvalue weighted by Gasteiger charge is -2.18. The van der Waals surface area contributed by atoms with E-state index < -0.39 is 33.6 Å². The quantitative estimate of drug-likeness (QED) is 0.0236. The van der Waals surface area contributed by atoms with Gasteiger partial charge in [-0.15, -0.1) is 0 Å². The van der Waals surface area contributed by atoms with Crippen LogP contribution in [0.25, 0.3) is 44.1 Å². The average Bonchev–Trinajstić information content (AvgIpc) is 1.53. The molecule has 5 aromatic carbocycles. The Kier molecular flexibility index (Phi) is 17.4. The number of sulfonamides is 1. The number of anilines is 6. The van der Waals surface area contributed by atoms with Crippen molar-refractivity contribution in [3.63, 3.8) is 0 Å². The maximum atomic E-state index is 13.3. The molecule has 0 aliphatic carbocycles. The highest BCUT2D eigenvalue weighted by Gasteiger charge is 2.31. The van der Waals surface area contributed by atoms with Crippen molar-refractivity contribution in [1.29, 1.82) is 5.41 Å². The summed E-state index contributed by atoms with van der Waals surface area (Å²) in [6.07, 6.45) is 2.91. The Morgan fingerprint density at radius 1 is 0.616 bits per heavy atom. The maximum Gasteiger partial charge on any atom is 0.416 e. The van der Waals surface area contributed by atoms with Gasteiger partial charge in [0, 0.05) is 82.5 Å². The summed E-state index contributed by atoms with van der Waals surface area (Å²) in [4.78, 5) is 64.9. The number of pyridine rings is 2. The fourth-order valence-corrected chi connectivity index (χ4v) is 9.82. The molecule has 0 saturated carbocycles. The first kappa shape index (κ1) is 59.8. The predicted molar refractivity (Wildman–Crippen MR) is 311 cm³/mol. The normalized spacial score (nSPS) is 12.2. The number of carbonyl (C=O) groups is 3. The van der Waals surface area contributed by atoms with E-state index in [0.717, 1.165) is 25.0 Å². The van der Waals surface area contributed by atoms with Gasteiger partial charge in [0.15, 0.2) is 0 Å². The van der Waals surface area contributed by atoms with Crippen LogP contribution in [0.1, 0.15) is 55.0 Å². The number of amides is 3. The first-order valence-corrected chi connectivity index (χ1v) is 27.1. The molecule has 0 bridgehead atoms. The summed E-state index contributed by atoms with van der Waals surface area (Å²) in [5, 5.41) is 33.0. The van der Waals surface area contributed by atoms with Crippen LogP contribution in [-0.2, 0) is 16.2 Å². The second kappa shape index (κ2) is 25.0. The SMILES string of the molecule is COc1ncc(-c2ccc3c(Nc4cc(C(=O)N5CCCC5)cc(S(N)(=O)=O)c4)c(C(N)=O)cnc3c2)c(OC)n1.COc1ncc(-c2ccc3c(Nc4cc(Nc5cccc(C(F)(F)F)c5)cc(C(=N)NO)c4)c(C(N)=O)cnc3c2)c(OC)n1. The monoisotopic (exact) mass is 1200 g/mol. The van der Waals surface area contributed by atoms with E-state index in [2.05, 4.69) is 45.9 Å². The van der Waals surface area contributed by atoms with Crippen molar-refractivity contribution < 1.29 is 60.1 Å². The summed E-state index contributed by atoms with van der Waals surface area (Å²) in [7, 11) is 1.66. The van der Waals surface area contributed by atoms with Crippen LogP contribution >= 0.6 is 0 Å². The van der Waals surface area contributed by atoms with E-state index in [1.54, 1.807) is 59.0 Å². The van der Waals surface area contributed by atoms with Crippen LogP contribution in [0.5, 0.6) is 23.8 Å². The smallest absolute Gasteiger partial charge is 0.416 e. The number of rotatable bonds is 17. The molecule has 12 N–H and O–H groups in total. The number of nitrogens with one attached hydrogen (secondary N) is 5. The van der Waals surface area contributed by atoms with Gasteiger partial charge < -0.3 is 51.3 Å². The molecular weight excluding hydrogens is 1140 g/mol. The molecule has 0 radical (unpaired) electrons. The lowest BCUT2D eigenvalue weighted by molar-refractivity contribution is -0.137. The highest BCUT2D eigenvalue weighted by Crippen LogP contribution is 2.39. The van der Waals surface area contributed by atoms with Crippen LogP contribution in [0, 0.1) is 5.41 Å². The third kappa shape index (κ3) is 13.2. The largest absolute Gasteiger partial charge is 0.480 e. The molecule has 29 heteroatoms. The molecule has 4 aromatic heterocycles. The summed E-state index contributed by atoms with van der Waals surface area (Å²) < 4.78 is 85.4. The van der Waals surface area contributed by atoms with Crippen molar-refractivity contribution in [2.45, 2.75) is 23.9 Å². The van der Waals surface area contributed by atoms with Gasteiger partial charge in [-0.1, -0.05) is 30.3 Å². The van der Waals surface area contributed by atoms with Gasteiger partial charge in [-0.2, -0.15) is 23.1 Å². The van der Waals surface area contributed by atoms with Crippen molar-refractivity contribution in [2.75, 3.05) is 57.5 Å². The minimum Gasteiger partial charge on any atom is -0.480 e. The number of aromatic nitrogens is 6. The molecule has 86 heavy (non-hydrogen) atoms. The molecule has 1 aliphatic rings. The lowest BCUT2D eigenvalue weighted by atomic mass is 10.0. The second-order valence-electron chi connectivity index (χ2n) is 18.9. The van der Waals surface area contributed by atoms with Gasteiger partial charge in [0.05, 0.1) is 83.6 Å². The predicted octanol–water partition coefficient (Wildman–Crippen LogP) is 8.05. The van der Waals surface area contributed by atoms with E-state index >= 15 is 0 Å². The Labute approximate surface area is 487 Å². The van der Waals surface area contributed by atoms with Crippen molar-refractivity contribution in [3.05, 3.63) is 150 Å². The number of ether oxygens (including phenoxy) is 4. The number of primary amides is 2. The fraction of sp³-hybridized carbons (Fsp3) is 0.158. The zero-order valence-corrected chi connectivity index (χ0v) is 46.7. The van der Waals surface area contributed by atoms with E-state index in [9.17, 15) is 41.2 Å². The summed E-state index contributed by atoms with van der Waals surface area (Å²) in [5.41, 5.74) is 17.6. The molecule has 0 spiro atoms. The number of hydroxylamine groups is 1. The molecule has 9 aromatic rings. The van der Waals surface area contributed by atoms with Crippen LogP contribution in [0.2, 0.25) is 0 Å². The standard InChI is InChI=1S/C30H25F3N8O4.C27H27N7O6S/c1-44-28-22(13-37-29(40-28)45-2)15-6-7-21-24(10-15)36-14-23(27(35)42)25(21)39-20-9-16(26(34)41-43)8-19(12-20)38-18-5-3-4-17(11-18)30(31,32)33;1-39-25-20(13-31-27(33-25)40-2)15-5-6-19-22(11-15)30-14-21(24(28)35)23(19)32-17-9-16(10-18(12-17)41(29,37)38)26(36)34-7-3-4-8-34/h3-14,38,43H,1-2H3,(H2,34,41)(H2,35,42)(H,36,39);5-6,9-14H,3-4,7-8H2,1-2H3,(H2,28,35)(H,30,32)(H2,29,37,38). The molecule has 0 atom stereocenters. The van der Waals surface area contributed by atoms with E-state index in [1.165, 1.54) is 89.5 Å². The van der Waals surface area contributed by atoms with Crippen LogP contribution in [0.15, 0.2) is 127 Å². The number of halogens is 3. The number of alkyl halides is 3. The molecule has 1 aliphatic heterocycles. The highest BCUT2D eigenvalue weighted by atomic mass is 32.2. The van der Waals surface area contributed by atoms with Gasteiger partial charge in [-0.3, -0.25) is 40.4 Å². The van der Waals surface area contributed by atoms with Crippen molar-refractivity contribution in [3.8, 4) is 46.0 Å². The Hall–Kier alpha value is -10.8. The number of methoxy groups -OCH3 is 4. The first-order chi connectivity index (χ1) is 41.1. The highest BCUT2D eigenvalue weighted by molar-refractivity contribution is 7.89. The van der Waals surface area contributed by atoms with Crippen LogP contribution in [-0.4, -0.2) is 114 Å². The molecule has 3 amide bonds. The summed E-state index contributed by atoms with van der Waals surface area (Å²) in [6.45, 7) is 1.16. The molecule has 442 valence electrons. The van der Waals surface area contributed by atoms with Crippen molar-refractivity contribution in [2.24, 2.45) is 16.6 Å². The number of hydrogen-bond acceptors (Lipinski definition) is 20. The second-order valence-corrected chi connectivity index (χ2v) is 20.4. The van der Waals surface area contributed by atoms with Gasteiger partial charge in [0.25, 0.3) is 17.7 Å². The Balaban J connectivity index is 0.000000206. The Bertz CT molecular complexity index is 4270. The fourth-order valence-electron chi connectivity index (χ4n) is 9.24. The van der Waals surface area contributed by atoms with Crippen LogP contribution in [0.3, 0.4) is 0 Å². The number of benzene rings is 5. The molecule has 0 unspecified atom stereocenters. The minimum absolute atomic E-state index is 0.0498. The van der Waals surface area contributed by atoms with Crippen LogP contribution in [0.4, 0.5) is 47.3 Å². The Morgan fingerprint density at radius 3 is 1.58 bits per heavy atom.